The minimum atomic E-state index is 0.726. The molecular formula is C9H20N2. The van der Waals surface area contributed by atoms with Crippen LogP contribution in [0.15, 0.2) is 13.2 Å². The number of hydrogen-bond acceptors (Lipinski definition) is 2. The van der Waals surface area contributed by atoms with Gasteiger partial charge in [0.15, 0.2) is 0 Å². The quantitative estimate of drug-likeness (QED) is 0.591. The van der Waals surface area contributed by atoms with E-state index in [0.717, 1.165) is 19.0 Å². The van der Waals surface area contributed by atoms with E-state index in [9.17, 15) is 0 Å². The Morgan fingerprint density at radius 1 is 1.36 bits per heavy atom. The number of nitrogens with two attached hydrogens (primary N) is 1. The van der Waals surface area contributed by atoms with Gasteiger partial charge in [0.25, 0.3) is 0 Å². The van der Waals surface area contributed by atoms with E-state index in [-0.39, 0.29) is 0 Å². The van der Waals surface area contributed by atoms with Gasteiger partial charge in [-0.05, 0) is 32.4 Å². The molecule has 2 nitrogen and oxygen atoms in total. The van der Waals surface area contributed by atoms with E-state index in [1.54, 1.807) is 0 Å². The molecule has 0 spiro atoms. The van der Waals surface area contributed by atoms with Crippen LogP contribution < -0.4 is 11.1 Å². The number of hydrogen-bond donors (Lipinski definition) is 2. The SMILES string of the molecule is C=C.NCCC1CCCCN1. The Kier molecular flexibility index (Phi) is 7.52. The van der Waals surface area contributed by atoms with Crippen molar-refractivity contribution in [3.05, 3.63) is 13.2 Å². The fourth-order valence-corrected chi connectivity index (χ4v) is 1.37. The van der Waals surface area contributed by atoms with Crippen molar-refractivity contribution < 1.29 is 0 Å². The Hall–Kier alpha value is -0.340. The van der Waals surface area contributed by atoms with Gasteiger partial charge in [0, 0.05) is 6.04 Å². The average molecular weight is 156 g/mol. The molecule has 0 saturated carbocycles. The van der Waals surface area contributed by atoms with Gasteiger partial charge >= 0.3 is 0 Å². The van der Waals surface area contributed by atoms with Crippen molar-refractivity contribution in [3.63, 3.8) is 0 Å². The molecule has 66 valence electrons. The summed E-state index contributed by atoms with van der Waals surface area (Å²) < 4.78 is 0. The van der Waals surface area contributed by atoms with Crippen LogP contribution in [0.2, 0.25) is 0 Å². The predicted molar refractivity (Wildman–Crippen MR) is 50.6 cm³/mol. The van der Waals surface area contributed by atoms with Crippen molar-refractivity contribution in [1.82, 2.24) is 5.32 Å². The van der Waals surface area contributed by atoms with Gasteiger partial charge in [0.1, 0.15) is 0 Å². The van der Waals surface area contributed by atoms with Crippen molar-refractivity contribution in [3.8, 4) is 0 Å². The lowest BCUT2D eigenvalue weighted by molar-refractivity contribution is 0.386. The lowest BCUT2D eigenvalue weighted by Crippen LogP contribution is -2.35. The fraction of sp³-hybridized carbons (Fsp3) is 0.778. The summed E-state index contributed by atoms with van der Waals surface area (Å²) in [4.78, 5) is 0. The first kappa shape index (κ1) is 10.7. The summed E-state index contributed by atoms with van der Waals surface area (Å²) in [5.41, 5.74) is 5.42. The monoisotopic (exact) mass is 156 g/mol. The lowest BCUT2D eigenvalue weighted by Gasteiger charge is -2.22. The van der Waals surface area contributed by atoms with Gasteiger partial charge in [0.05, 0.1) is 0 Å². The molecule has 2 heteroatoms. The molecule has 1 saturated heterocycles. The van der Waals surface area contributed by atoms with Crippen molar-refractivity contribution >= 4 is 0 Å². The second-order valence-electron chi connectivity index (χ2n) is 2.72. The van der Waals surface area contributed by atoms with Gasteiger partial charge in [-0.3, -0.25) is 0 Å². The molecule has 1 unspecified atom stereocenters. The molecule has 1 rings (SSSR count). The van der Waals surface area contributed by atoms with Crippen LogP contribution in [0.1, 0.15) is 25.7 Å². The van der Waals surface area contributed by atoms with E-state index < -0.39 is 0 Å². The molecule has 0 amide bonds. The minimum absolute atomic E-state index is 0.726. The second kappa shape index (κ2) is 7.76. The maximum absolute atomic E-state index is 5.42. The van der Waals surface area contributed by atoms with Crippen LogP contribution >= 0.6 is 0 Å². The van der Waals surface area contributed by atoms with Crippen LogP contribution in [0, 0.1) is 0 Å². The van der Waals surface area contributed by atoms with Crippen molar-refractivity contribution in [2.45, 2.75) is 31.7 Å². The predicted octanol–water partition coefficient (Wildman–Crippen LogP) is 1.28. The molecule has 1 aliphatic heterocycles. The van der Waals surface area contributed by atoms with Gasteiger partial charge in [-0.1, -0.05) is 6.42 Å². The molecule has 1 atom stereocenters. The van der Waals surface area contributed by atoms with Gasteiger partial charge in [-0.25, -0.2) is 0 Å². The third-order valence-electron chi connectivity index (χ3n) is 1.93. The minimum Gasteiger partial charge on any atom is -0.330 e. The van der Waals surface area contributed by atoms with E-state index in [1.807, 2.05) is 0 Å². The topological polar surface area (TPSA) is 38.0 Å². The zero-order valence-corrected chi connectivity index (χ0v) is 7.31. The molecule has 1 fully saturated rings. The largest absolute Gasteiger partial charge is 0.330 e. The van der Waals surface area contributed by atoms with Crippen LogP contribution in [-0.2, 0) is 0 Å². The lowest BCUT2D eigenvalue weighted by atomic mass is 10.0. The summed E-state index contributed by atoms with van der Waals surface area (Å²) in [6, 6.07) is 0.726. The maximum Gasteiger partial charge on any atom is 0.00790 e. The second-order valence-corrected chi connectivity index (χ2v) is 2.72. The normalized spacial score (nSPS) is 23.5. The summed E-state index contributed by atoms with van der Waals surface area (Å²) in [6.07, 6.45) is 5.22. The first-order chi connectivity index (χ1) is 5.43. The molecule has 0 aromatic heterocycles. The molecule has 1 heterocycles. The number of nitrogens with one attached hydrogen (secondary N) is 1. The maximum atomic E-state index is 5.42. The molecule has 3 N–H and O–H groups in total. The molecule has 0 bridgehead atoms. The van der Waals surface area contributed by atoms with Crippen LogP contribution in [0.3, 0.4) is 0 Å². The van der Waals surface area contributed by atoms with E-state index in [1.165, 1.54) is 25.8 Å². The molecule has 0 aromatic rings. The summed E-state index contributed by atoms with van der Waals surface area (Å²) in [5.74, 6) is 0. The van der Waals surface area contributed by atoms with Crippen LogP contribution in [0.4, 0.5) is 0 Å². The van der Waals surface area contributed by atoms with E-state index >= 15 is 0 Å². The Balaban J connectivity index is 0.000000461. The Morgan fingerprint density at radius 3 is 2.55 bits per heavy atom. The smallest absolute Gasteiger partial charge is 0.00790 e. The standard InChI is InChI=1S/C7H16N2.C2H4/c8-5-4-7-3-1-2-6-9-7;1-2/h7,9H,1-6,8H2;1-2H2. The Labute approximate surface area is 69.9 Å². The third-order valence-corrected chi connectivity index (χ3v) is 1.93. The number of piperidine rings is 1. The first-order valence-electron chi connectivity index (χ1n) is 4.37. The Bertz CT molecular complexity index is 74.9. The fourth-order valence-electron chi connectivity index (χ4n) is 1.37. The van der Waals surface area contributed by atoms with E-state index in [2.05, 4.69) is 18.5 Å². The Morgan fingerprint density at radius 2 is 2.09 bits per heavy atom. The zero-order valence-electron chi connectivity index (χ0n) is 7.31. The molecule has 1 aliphatic rings. The summed E-state index contributed by atoms with van der Waals surface area (Å²) in [5, 5.41) is 3.44. The highest BCUT2D eigenvalue weighted by Gasteiger charge is 2.09. The van der Waals surface area contributed by atoms with Gasteiger partial charge in [-0.2, -0.15) is 0 Å². The van der Waals surface area contributed by atoms with Crippen molar-refractivity contribution in [1.29, 1.82) is 0 Å². The summed E-state index contributed by atoms with van der Waals surface area (Å²) in [7, 11) is 0. The van der Waals surface area contributed by atoms with Gasteiger partial charge in [0.2, 0.25) is 0 Å². The van der Waals surface area contributed by atoms with Crippen LogP contribution in [0.25, 0.3) is 0 Å². The highest BCUT2D eigenvalue weighted by molar-refractivity contribution is 4.71. The summed E-state index contributed by atoms with van der Waals surface area (Å²) >= 11 is 0. The summed E-state index contributed by atoms with van der Waals surface area (Å²) in [6.45, 7) is 8.03. The number of rotatable bonds is 2. The van der Waals surface area contributed by atoms with E-state index in [4.69, 9.17) is 5.73 Å². The molecule has 11 heavy (non-hydrogen) atoms. The molecule has 0 radical (unpaired) electrons. The third kappa shape index (κ3) is 4.99. The van der Waals surface area contributed by atoms with Gasteiger partial charge in [-0.15, -0.1) is 13.2 Å². The molecular weight excluding hydrogens is 136 g/mol. The zero-order chi connectivity index (χ0) is 8.53. The first-order valence-corrected chi connectivity index (χ1v) is 4.37. The van der Waals surface area contributed by atoms with E-state index in [0.29, 0.717) is 0 Å². The highest BCUT2D eigenvalue weighted by Crippen LogP contribution is 2.08. The van der Waals surface area contributed by atoms with Crippen LogP contribution in [-0.4, -0.2) is 19.1 Å². The van der Waals surface area contributed by atoms with Crippen LogP contribution in [0.5, 0.6) is 0 Å². The van der Waals surface area contributed by atoms with Gasteiger partial charge < -0.3 is 11.1 Å². The highest BCUT2D eigenvalue weighted by atomic mass is 14.9. The average Bonchev–Trinajstić information content (AvgIpc) is 2.11. The molecule has 0 aliphatic carbocycles. The molecule has 0 aromatic carbocycles. The van der Waals surface area contributed by atoms with Crippen molar-refractivity contribution in [2.75, 3.05) is 13.1 Å². The van der Waals surface area contributed by atoms with Crippen molar-refractivity contribution in [2.24, 2.45) is 5.73 Å².